The minimum absolute atomic E-state index is 0.0885. The van der Waals surface area contributed by atoms with E-state index in [1.807, 2.05) is 0 Å². The lowest BCUT2D eigenvalue weighted by Gasteiger charge is -2.23. The van der Waals surface area contributed by atoms with Crippen molar-refractivity contribution < 1.29 is 15.1 Å². The number of hydrogen-bond acceptors (Lipinski definition) is 5. The van der Waals surface area contributed by atoms with Crippen LogP contribution in [0.1, 0.15) is 17.3 Å². The van der Waals surface area contributed by atoms with Crippen LogP contribution in [0.15, 0.2) is 23.6 Å². The second kappa shape index (κ2) is 5.15. The van der Waals surface area contributed by atoms with E-state index in [1.165, 1.54) is 30.4 Å². The highest BCUT2D eigenvalue weighted by atomic mass is 16.4. The van der Waals surface area contributed by atoms with Crippen molar-refractivity contribution in [1.29, 1.82) is 0 Å². The fourth-order valence-electron chi connectivity index (χ4n) is 1.21. The molecule has 1 rings (SSSR count). The molecular weight excluding hydrogens is 224 g/mol. The number of oxime groups is 1. The highest BCUT2D eigenvalue weighted by molar-refractivity contribution is 5.99. The third kappa shape index (κ3) is 2.63. The van der Waals surface area contributed by atoms with Crippen LogP contribution in [0.2, 0.25) is 0 Å². The van der Waals surface area contributed by atoms with Gasteiger partial charge in [0.05, 0.1) is 17.8 Å². The van der Waals surface area contributed by atoms with Crippen LogP contribution in [0.5, 0.6) is 5.75 Å². The van der Waals surface area contributed by atoms with Gasteiger partial charge in [-0.25, -0.2) is 0 Å². The smallest absolute Gasteiger partial charge is 0.258 e. The number of amides is 1. The molecule has 7 nitrogen and oxygen atoms in total. The topological polar surface area (TPSA) is 112 Å². The lowest BCUT2D eigenvalue weighted by Crippen LogP contribution is -2.43. The maximum absolute atomic E-state index is 12.0. The quantitative estimate of drug-likeness (QED) is 0.297. The molecule has 1 unspecified atom stereocenters. The molecule has 0 aliphatic heterocycles. The van der Waals surface area contributed by atoms with E-state index in [0.717, 1.165) is 0 Å². The first-order chi connectivity index (χ1) is 7.99. The van der Waals surface area contributed by atoms with E-state index in [2.05, 4.69) is 10.1 Å². The molecule has 0 aliphatic rings. The maximum Gasteiger partial charge on any atom is 0.258 e. The van der Waals surface area contributed by atoms with Gasteiger partial charge in [-0.05, 0) is 13.0 Å². The number of aromatic nitrogens is 1. The molecule has 0 saturated carbocycles. The Bertz CT molecular complexity index is 447. The number of likely N-dealkylation sites (N-methyl/N-ethyl adjacent to an activating group) is 1. The number of nitrogens with two attached hydrogens (primary N) is 1. The summed E-state index contributed by atoms with van der Waals surface area (Å²) in [5.74, 6) is -0.741. The number of carbonyl (C=O) groups excluding carboxylic acids is 1. The van der Waals surface area contributed by atoms with E-state index in [9.17, 15) is 9.90 Å². The summed E-state index contributed by atoms with van der Waals surface area (Å²) in [5, 5.41) is 20.8. The van der Waals surface area contributed by atoms with E-state index in [1.54, 1.807) is 6.92 Å². The summed E-state index contributed by atoms with van der Waals surface area (Å²) in [7, 11) is 1.49. The van der Waals surface area contributed by atoms with Crippen molar-refractivity contribution in [2.75, 3.05) is 7.05 Å². The zero-order valence-electron chi connectivity index (χ0n) is 9.53. The average Bonchev–Trinajstić information content (AvgIpc) is 2.35. The van der Waals surface area contributed by atoms with Crippen LogP contribution in [0, 0.1) is 0 Å². The number of hydrogen-bond donors (Lipinski definition) is 3. The molecule has 1 amide bonds. The summed E-state index contributed by atoms with van der Waals surface area (Å²) in [6.45, 7) is 1.60. The Morgan fingerprint density at radius 3 is 2.82 bits per heavy atom. The first kappa shape index (κ1) is 12.8. The minimum Gasteiger partial charge on any atom is -0.505 e. The van der Waals surface area contributed by atoms with Crippen molar-refractivity contribution in [3.05, 3.63) is 24.0 Å². The standard InChI is InChI=1S/C10H14N4O3/c1-6(9(11)13-17)14(2)10(16)7-3-4-12-5-8(7)15/h3-6,15,17H,1-2H3,(H2,11,13). The highest BCUT2D eigenvalue weighted by Crippen LogP contribution is 2.16. The van der Waals surface area contributed by atoms with Gasteiger partial charge in [0.25, 0.3) is 5.91 Å². The Labute approximate surface area is 98.2 Å². The van der Waals surface area contributed by atoms with Crippen LogP contribution >= 0.6 is 0 Å². The van der Waals surface area contributed by atoms with Crippen molar-refractivity contribution in [3.63, 3.8) is 0 Å². The Morgan fingerprint density at radius 1 is 1.65 bits per heavy atom. The zero-order chi connectivity index (χ0) is 13.0. The van der Waals surface area contributed by atoms with Gasteiger partial charge in [0.1, 0.15) is 5.75 Å². The Hall–Kier alpha value is -2.31. The Morgan fingerprint density at radius 2 is 2.29 bits per heavy atom. The van der Waals surface area contributed by atoms with Crippen LogP contribution in [0.4, 0.5) is 0 Å². The molecule has 0 aliphatic carbocycles. The first-order valence-corrected chi connectivity index (χ1v) is 4.86. The predicted octanol–water partition coefficient (Wildman–Crippen LogP) is -0.00590. The normalized spacial score (nSPS) is 13.2. The zero-order valence-corrected chi connectivity index (χ0v) is 9.53. The number of pyridine rings is 1. The van der Waals surface area contributed by atoms with Crippen LogP contribution < -0.4 is 5.73 Å². The fourth-order valence-corrected chi connectivity index (χ4v) is 1.21. The van der Waals surface area contributed by atoms with Crippen LogP contribution in [0.25, 0.3) is 0 Å². The maximum atomic E-state index is 12.0. The van der Waals surface area contributed by atoms with Gasteiger partial charge in [-0.3, -0.25) is 9.78 Å². The summed E-state index contributed by atoms with van der Waals surface area (Å²) in [6, 6.07) is 0.813. The molecule has 4 N–H and O–H groups in total. The molecule has 1 aromatic heterocycles. The van der Waals surface area contributed by atoms with Crippen LogP contribution in [-0.2, 0) is 0 Å². The Kier molecular flexibility index (Phi) is 3.86. The highest BCUT2D eigenvalue weighted by Gasteiger charge is 2.22. The van der Waals surface area contributed by atoms with Crippen molar-refractivity contribution in [1.82, 2.24) is 9.88 Å². The Balaban J connectivity index is 2.95. The lowest BCUT2D eigenvalue weighted by atomic mass is 10.2. The summed E-state index contributed by atoms with van der Waals surface area (Å²) in [6.07, 6.45) is 2.57. The molecule has 0 aromatic carbocycles. The second-order valence-corrected chi connectivity index (χ2v) is 3.51. The molecule has 1 heterocycles. The predicted molar refractivity (Wildman–Crippen MR) is 60.9 cm³/mol. The van der Waals surface area contributed by atoms with E-state index >= 15 is 0 Å². The number of rotatable bonds is 3. The molecule has 0 spiro atoms. The van der Waals surface area contributed by atoms with Crippen molar-refractivity contribution in [3.8, 4) is 5.75 Å². The average molecular weight is 238 g/mol. The van der Waals surface area contributed by atoms with Crippen molar-refractivity contribution in [2.45, 2.75) is 13.0 Å². The monoisotopic (exact) mass is 238 g/mol. The van der Waals surface area contributed by atoms with Gasteiger partial charge >= 0.3 is 0 Å². The molecule has 0 saturated heterocycles. The van der Waals surface area contributed by atoms with E-state index in [0.29, 0.717) is 0 Å². The summed E-state index contributed by atoms with van der Waals surface area (Å²) >= 11 is 0. The van der Waals surface area contributed by atoms with E-state index in [-0.39, 0.29) is 17.1 Å². The van der Waals surface area contributed by atoms with Gasteiger partial charge in [-0.2, -0.15) is 0 Å². The summed E-state index contributed by atoms with van der Waals surface area (Å²) in [5.41, 5.74) is 5.51. The molecule has 17 heavy (non-hydrogen) atoms. The van der Waals surface area contributed by atoms with Gasteiger partial charge in [0.15, 0.2) is 5.84 Å². The second-order valence-electron chi connectivity index (χ2n) is 3.51. The first-order valence-electron chi connectivity index (χ1n) is 4.86. The molecule has 7 heteroatoms. The summed E-state index contributed by atoms with van der Waals surface area (Å²) in [4.78, 5) is 16.9. The third-order valence-electron chi connectivity index (χ3n) is 2.48. The van der Waals surface area contributed by atoms with Crippen molar-refractivity contribution >= 4 is 11.7 Å². The van der Waals surface area contributed by atoms with Crippen molar-refractivity contribution in [2.24, 2.45) is 10.9 Å². The van der Waals surface area contributed by atoms with E-state index in [4.69, 9.17) is 10.9 Å². The van der Waals surface area contributed by atoms with Gasteiger partial charge in [-0.1, -0.05) is 5.16 Å². The molecule has 0 fully saturated rings. The van der Waals surface area contributed by atoms with Gasteiger partial charge in [0.2, 0.25) is 0 Å². The molecule has 1 atom stereocenters. The molecular formula is C10H14N4O3. The van der Waals surface area contributed by atoms with Gasteiger partial charge in [-0.15, -0.1) is 0 Å². The number of nitrogens with zero attached hydrogens (tertiary/aromatic N) is 3. The summed E-state index contributed by atoms with van der Waals surface area (Å²) < 4.78 is 0. The molecule has 0 radical (unpaired) electrons. The number of aromatic hydroxyl groups is 1. The van der Waals surface area contributed by atoms with Crippen LogP contribution in [-0.4, -0.2) is 45.0 Å². The van der Waals surface area contributed by atoms with E-state index < -0.39 is 11.9 Å². The molecule has 1 aromatic rings. The SMILES string of the molecule is CC(/C(N)=N/O)N(C)C(=O)c1ccncc1O. The largest absolute Gasteiger partial charge is 0.505 e. The number of carbonyl (C=O) groups is 1. The van der Waals surface area contributed by atoms with Crippen LogP contribution in [0.3, 0.4) is 0 Å². The lowest BCUT2D eigenvalue weighted by molar-refractivity contribution is 0.0773. The molecule has 0 bridgehead atoms. The molecule has 92 valence electrons. The third-order valence-corrected chi connectivity index (χ3v) is 2.48. The number of amidine groups is 1. The van der Waals surface area contributed by atoms with Gasteiger partial charge < -0.3 is 20.9 Å². The fraction of sp³-hybridized carbons (Fsp3) is 0.300. The minimum atomic E-state index is -0.583. The van der Waals surface area contributed by atoms with Gasteiger partial charge in [0, 0.05) is 13.2 Å².